The van der Waals surface area contributed by atoms with Crippen LogP contribution in [0.5, 0.6) is 0 Å². The van der Waals surface area contributed by atoms with E-state index in [9.17, 15) is 19.2 Å². The summed E-state index contributed by atoms with van der Waals surface area (Å²) in [4.78, 5) is 55.1. The van der Waals surface area contributed by atoms with Crippen LogP contribution in [0.3, 0.4) is 0 Å². The molecule has 3 amide bonds. The molecule has 3 atom stereocenters. The van der Waals surface area contributed by atoms with Gasteiger partial charge in [0, 0.05) is 41.7 Å². The highest BCUT2D eigenvalue weighted by Crippen LogP contribution is 2.28. The number of benzene rings is 2. The highest BCUT2D eigenvalue weighted by Gasteiger charge is 2.29. The van der Waals surface area contributed by atoms with Gasteiger partial charge in [0.05, 0.1) is 12.9 Å². The zero-order chi connectivity index (χ0) is 30.2. The maximum Gasteiger partial charge on any atom is 0.328 e. The van der Waals surface area contributed by atoms with Gasteiger partial charge in [0.1, 0.15) is 18.1 Å². The summed E-state index contributed by atoms with van der Waals surface area (Å²) in [5, 5.41) is 20.8. The Morgan fingerprint density at radius 1 is 0.976 bits per heavy atom. The van der Waals surface area contributed by atoms with Crippen LogP contribution in [-0.4, -0.2) is 66.3 Å². The van der Waals surface area contributed by atoms with Crippen LogP contribution < -0.4 is 21.3 Å². The number of hydrogen-bond acceptors (Lipinski definition) is 6. The number of aromatic amines is 1. The summed E-state index contributed by atoms with van der Waals surface area (Å²) in [6, 6.07) is 9.22. The van der Waals surface area contributed by atoms with Gasteiger partial charge in [-0.05, 0) is 68.0 Å². The van der Waals surface area contributed by atoms with E-state index in [2.05, 4.69) is 32.3 Å². The summed E-state index contributed by atoms with van der Waals surface area (Å²) < 4.78 is 4.93. The molecule has 6 N–H and O–H groups in total. The smallest absolute Gasteiger partial charge is 0.328 e. The third-order valence-electron chi connectivity index (χ3n) is 7.25. The van der Waals surface area contributed by atoms with E-state index in [0.29, 0.717) is 25.2 Å². The SMILES string of the molecule is COC(=O)C1C/C=C/Cc2ccc3[nH]c4ccc(cc4c3c2)CC(NC(C)=O)C(=O)N[C@@H](CCCNC(C)=N)C(=O)N1. The topological polar surface area (TPSA) is 165 Å². The van der Waals surface area contributed by atoms with Crippen LogP contribution in [0, 0.1) is 5.41 Å². The Kier molecular flexibility index (Phi) is 9.95. The molecular formula is C31H38N6O5. The van der Waals surface area contributed by atoms with Crippen molar-refractivity contribution in [3.63, 3.8) is 0 Å². The van der Waals surface area contributed by atoms with Crippen molar-refractivity contribution >= 4 is 51.3 Å². The second-order valence-corrected chi connectivity index (χ2v) is 10.6. The van der Waals surface area contributed by atoms with Gasteiger partial charge in [-0.15, -0.1) is 0 Å². The van der Waals surface area contributed by atoms with Gasteiger partial charge in [0.15, 0.2) is 0 Å². The fourth-order valence-corrected chi connectivity index (χ4v) is 5.14. The molecule has 2 heterocycles. The molecule has 1 aliphatic heterocycles. The molecule has 2 aromatic carbocycles. The van der Waals surface area contributed by atoms with Crippen LogP contribution in [0.15, 0.2) is 48.6 Å². The Bertz CT molecular complexity index is 1530. The summed E-state index contributed by atoms with van der Waals surface area (Å²) in [6.45, 7) is 3.38. The summed E-state index contributed by atoms with van der Waals surface area (Å²) in [5.41, 5.74) is 3.88. The average molecular weight is 575 g/mol. The fraction of sp³-hybridized carbons (Fsp3) is 0.387. The molecule has 4 rings (SSSR count). The average Bonchev–Trinajstić information content (AvgIpc) is 3.31. The second-order valence-electron chi connectivity index (χ2n) is 10.6. The van der Waals surface area contributed by atoms with Crippen LogP contribution in [0.2, 0.25) is 0 Å². The Hall–Kier alpha value is -4.67. The first-order valence-electron chi connectivity index (χ1n) is 14.1. The highest BCUT2D eigenvalue weighted by molar-refractivity contribution is 6.07. The van der Waals surface area contributed by atoms with Gasteiger partial charge in [-0.1, -0.05) is 24.3 Å². The van der Waals surface area contributed by atoms with E-state index in [1.165, 1.54) is 14.0 Å². The van der Waals surface area contributed by atoms with E-state index in [4.69, 9.17) is 10.1 Å². The minimum absolute atomic E-state index is 0.209. The molecule has 0 saturated heterocycles. The molecule has 42 heavy (non-hydrogen) atoms. The zero-order valence-corrected chi connectivity index (χ0v) is 24.1. The number of rotatable bonds is 6. The van der Waals surface area contributed by atoms with Crippen molar-refractivity contribution in [1.29, 1.82) is 5.41 Å². The number of carbonyl (C=O) groups is 4. The molecular weight excluding hydrogens is 536 g/mol. The first-order chi connectivity index (χ1) is 20.1. The number of carbonyl (C=O) groups excluding carboxylic acids is 4. The first-order valence-corrected chi connectivity index (χ1v) is 14.1. The summed E-state index contributed by atoms with van der Waals surface area (Å²) in [5.74, 6) is -1.73. The fourth-order valence-electron chi connectivity index (χ4n) is 5.14. The number of aromatic nitrogens is 1. The van der Waals surface area contributed by atoms with Crippen LogP contribution >= 0.6 is 0 Å². The Balaban J connectivity index is 1.71. The summed E-state index contributed by atoms with van der Waals surface area (Å²) in [6.07, 6.45) is 5.56. The third kappa shape index (κ3) is 7.74. The van der Waals surface area contributed by atoms with E-state index in [0.717, 1.165) is 32.9 Å². The Morgan fingerprint density at radius 3 is 2.33 bits per heavy atom. The number of amides is 3. The van der Waals surface area contributed by atoms with Crippen molar-refractivity contribution in [2.75, 3.05) is 13.7 Å². The predicted molar refractivity (Wildman–Crippen MR) is 161 cm³/mol. The van der Waals surface area contributed by atoms with Crippen molar-refractivity contribution in [3.8, 4) is 0 Å². The summed E-state index contributed by atoms with van der Waals surface area (Å²) in [7, 11) is 1.26. The molecule has 0 aliphatic carbocycles. The van der Waals surface area contributed by atoms with Gasteiger partial charge in [-0.25, -0.2) is 4.79 Å². The third-order valence-corrected chi connectivity index (χ3v) is 7.25. The number of fused-ring (bicyclic) bond motifs is 2. The number of hydrogen-bond donors (Lipinski definition) is 6. The van der Waals surface area contributed by atoms with E-state index >= 15 is 0 Å². The van der Waals surface area contributed by atoms with E-state index in [1.807, 2.05) is 42.5 Å². The van der Waals surface area contributed by atoms with Gasteiger partial charge in [-0.3, -0.25) is 19.8 Å². The molecule has 1 aliphatic rings. The lowest BCUT2D eigenvalue weighted by atomic mass is 10.0. The van der Waals surface area contributed by atoms with E-state index < -0.39 is 35.9 Å². The molecule has 11 heteroatoms. The summed E-state index contributed by atoms with van der Waals surface area (Å²) >= 11 is 0. The normalized spacial score (nSPS) is 20.5. The lowest BCUT2D eigenvalue weighted by Crippen LogP contribution is -2.56. The molecule has 0 fully saturated rings. The Morgan fingerprint density at radius 2 is 1.67 bits per heavy atom. The van der Waals surface area contributed by atoms with Crippen LogP contribution in [0.1, 0.15) is 44.2 Å². The van der Waals surface area contributed by atoms with Gasteiger partial charge in [0.2, 0.25) is 17.7 Å². The van der Waals surface area contributed by atoms with Crippen molar-refractivity contribution in [2.45, 2.75) is 64.1 Å². The predicted octanol–water partition coefficient (Wildman–Crippen LogP) is 2.38. The molecule has 11 nitrogen and oxygen atoms in total. The highest BCUT2D eigenvalue weighted by atomic mass is 16.5. The lowest BCUT2D eigenvalue weighted by molar-refractivity contribution is -0.145. The quantitative estimate of drug-likeness (QED) is 0.0870. The van der Waals surface area contributed by atoms with Crippen molar-refractivity contribution in [1.82, 2.24) is 26.3 Å². The number of nitrogens with one attached hydrogen (secondary N) is 6. The van der Waals surface area contributed by atoms with Gasteiger partial charge >= 0.3 is 5.97 Å². The lowest BCUT2D eigenvalue weighted by Gasteiger charge is -2.25. The zero-order valence-electron chi connectivity index (χ0n) is 24.1. The maximum atomic E-state index is 13.6. The first kappa shape index (κ1) is 30.3. The number of ether oxygens (including phenoxy) is 1. The number of H-pyrrole nitrogens is 1. The van der Waals surface area contributed by atoms with Gasteiger partial charge < -0.3 is 31.0 Å². The number of amidine groups is 1. The second kappa shape index (κ2) is 13.8. The number of allylic oxidation sites excluding steroid dienone is 1. The standard InChI is InChI=1S/C31H38N6O5/c1-18(32)33-14-6-9-26-29(39)37-27(31(41)42-3)8-5-4-7-20-10-12-24-22(15-20)23-16-21(11-13-25(23)35-24)17-28(30(40)36-26)34-19(2)38/h4-5,10-13,15-16,26-28,35H,6-9,14,17H2,1-3H3,(H2,32,33)(H,34,38)(H,36,40)(H,37,39)/b5-4+/t26-,27?,28?/m0/s1. The molecule has 0 saturated carbocycles. The van der Waals surface area contributed by atoms with Crippen LogP contribution in [-0.2, 0) is 36.8 Å². The monoisotopic (exact) mass is 574 g/mol. The van der Waals surface area contributed by atoms with Crippen LogP contribution in [0.25, 0.3) is 21.8 Å². The number of methoxy groups -OCH3 is 1. The Labute approximate surface area is 244 Å². The van der Waals surface area contributed by atoms with Gasteiger partial charge in [-0.2, -0.15) is 0 Å². The maximum absolute atomic E-state index is 13.6. The van der Waals surface area contributed by atoms with Crippen molar-refractivity contribution in [3.05, 3.63) is 59.7 Å². The van der Waals surface area contributed by atoms with Gasteiger partial charge in [0.25, 0.3) is 0 Å². The van der Waals surface area contributed by atoms with Crippen molar-refractivity contribution in [2.24, 2.45) is 0 Å². The number of esters is 1. The molecule has 0 spiro atoms. The molecule has 0 radical (unpaired) electrons. The molecule has 4 bridgehead atoms. The van der Waals surface area contributed by atoms with Crippen molar-refractivity contribution < 1.29 is 23.9 Å². The van der Waals surface area contributed by atoms with E-state index in [1.54, 1.807) is 6.92 Å². The largest absolute Gasteiger partial charge is 0.467 e. The molecule has 2 unspecified atom stereocenters. The molecule has 3 aromatic rings. The molecule has 1 aromatic heterocycles. The van der Waals surface area contributed by atoms with Crippen LogP contribution in [0.4, 0.5) is 0 Å². The molecule has 222 valence electrons. The van der Waals surface area contributed by atoms with E-state index in [-0.39, 0.29) is 25.2 Å². The minimum Gasteiger partial charge on any atom is -0.467 e. The minimum atomic E-state index is -0.983.